The van der Waals surface area contributed by atoms with Crippen molar-refractivity contribution < 1.29 is 5.11 Å². The molecule has 2 nitrogen and oxygen atoms in total. The third-order valence-corrected chi connectivity index (χ3v) is 0. The van der Waals surface area contributed by atoms with Gasteiger partial charge in [-0.2, -0.15) is 0 Å². The third kappa shape index (κ3) is 29.0. The van der Waals surface area contributed by atoms with E-state index in [0.717, 1.165) is 0 Å². The molecule has 0 bridgehead atoms. The standard InChI is InChI=1S/C2H7NO.K.H/c1-2(3)4;;/h2,4H,3H2,1H3;;. The molecule has 0 aromatic heterocycles. The van der Waals surface area contributed by atoms with E-state index in [2.05, 4.69) is 5.73 Å². The fourth-order valence-corrected chi connectivity index (χ4v) is 0. The van der Waals surface area contributed by atoms with E-state index in [0.29, 0.717) is 0 Å². The molecule has 0 spiro atoms. The average Bonchev–Trinajstić information content (AvgIpc) is 0.811. The zero-order valence-electron chi connectivity index (χ0n) is 2.60. The van der Waals surface area contributed by atoms with Gasteiger partial charge in [-0.25, -0.2) is 0 Å². The summed E-state index contributed by atoms with van der Waals surface area (Å²) in [5.74, 6) is 0. The molecule has 0 amide bonds. The predicted molar refractivity (Wildman–Crippen MR) is 23.0 cm³/mol. The summed E-state index contributed by atoms with van der Waals surface area (Å²) in [6.07, 6.45) is -0.667. The van der Waals surface area contributed by atoms with Crippen molar-refractivity contribution in [2.75, 3.05) is 0 Å². The zero-order chi connectivity index (χ0) is 3.58. The van der Waals surface area contributed by atoms with Crippen molar-refractivity contribution in [2.24, 2.45) is 5.73 Å². The molecular weight excluding hydrogens is 93.1 g/mol. The van der Waals surface area contributed by atoms with Gasteiger partial charge < -0.3 is 10.8 Å². The summed E-state index contributed by atoms with van der Waals surface area (Å²) in [4.78, 5) is 0. The van der Waals surface area contributed by atoms with Gasteiger partial charge in [-0.3, -0.25) is 0 Å². The quantitative estimate of drug-likeness (QED) is 0.292. The van der Waals surface area contributed by atoms with Crippen molar-refractivity contribution >= 4 is 51.4 Å². The van der Waals surface area contributed by atoms with E-state index in [4.69, 9.17) is 5.11 Å². The van der Waals surface area contributed by atoms with Gasteiger partial charge in [0.15, 0.2) is 0 Å². The Morgan fingerprint density at radius 2 is 1.80 bits per heavy atom. The van der Waals surface area contributed by atoms with Crippen LogP contribution in [0.5, 0.6) is 0 Å². The average molecular weight is 101 g/mol. The normalized spacial score (nSPS) is 12.6. The van der Waals surface area contributed by atoms with Gasteiger partial charge in [0.2, 0.25) is 0 Å². The van der Waals surface area contributed by atoms with Crippen molar-refractivity contribution in [1.29, 1.82) is 0 Å². The summed E-state index contributed by atoms with van der Waals surface area (Å²) in [6.45, 7) is 1.50. The number of hydrogen-bond donors (Lipinski definition) is 2. The summed E-state index contributed by atoms with van der Waals surface area (Å²) in [5, 5.41) is 7.83. The number of nitrogens with two attached hydrogens (primary N) is 1. The first kappa shape index (κ1) is 9.75. The molecule has 0 fully saturated rings. The Hall–Kier alpha value is 1.56. The second-order valence-corrected chi connectivity index (χ2v) is 0.741. The van der Waals surface area contributed by atoms with Crippen molar-refractivity contribution in [3.63, 3.8) is 0 Å². The first-order valence-corrected chi connectivity index (χ1v) is 1.17. The molecule has 0 saturated heterocycles. The molecule has 5 heavy (non-hydrogen) atoms. The number of hydrogen-bond acceptors (Lipinski definition) is 2. The molecule has 0 aliphatic carbocycles. The van der Waals surface area contributed by atoms with Gasteiger partial charge in [0.05, 0.1) is 6.23 Å². The molecule has 0 rings (SSSR count). The molecule has 3 heteroatoms. The molecule has 0 aliphatic rings. The van der Waals surface area contributed by atoms with E-state index in [1.165, 1.54) is 6.92 Å². The van der Waals surface area contributed by atoms with Gasteiger partial charge in [-0.15, -0.1) is 0 Å². The molecule has 1 unspecified atom stereocenters. The molecule has 0 heterocycles. The Morgan fingerprint density at radius 1 is 1.80 bits per heavy atom. The molecule has 0 aliphatic heterocycles. The van der Waals surface area contributed by atoms with Crippen molar-refractivity contribution in [3.05, 3.63) is 0 Å². The van der Waals surface area contributed by atoms with Crippen LogP contribution in [0.3, 0.4) is 0 Å². The minimum absolute atomic E-state index is 0. The van der Waals surface area contributed by atoms with Crippen molar-refractivity contribution in [2.45, 2.75) is 13.2 Å². The third-order valence-electron chi connectivity index (χ3n) is 0. The maximum absolute atomic E-state index is 7.83. The van der Waals surface area contributed by atoms with Gasteiger partial charge in [0.25, 0.3) is 0 Å². The molecule has 0 saturated carbocycles. The van der Waals surface area contributed by atoms with Crippen molar-refractivity contribution in [3.8, 4) is 0 Å². The molecule has 0 aromatic carbocycles. The van der Waals surface area contributed by atoms with Crippen molar-refractivity contribution in [1.82, 2.24) is 0 Å². The van der Waals surface area contributed by atoms with Crippen LogP contribution < -0.4 is 5.73 Å². The second kappa shape index (κ2) is 5.56. The number of aliphatic hydroxyl groups excluding tert-OH is 1. The van der Waals surface area contributed by atoms with Crippen LogP contribution in [-0.2, 0) is 0 Å². The first-order valence-electron chi connectivity index (χ1n) is 1.17. The van der Waals surface area contributed by atoms with Gasteiger partial charge in [0.1, 0.15) is 0 Å². The van der Waals surface area contributed by atoms with E-state index in [1.54, 1.807) is 0 Å². The Labute approximate surface area is 74.2 Å². The molecule has 0 aromatic rings. The Balaban J connectivity index is 0. The fraction of sp³-hybridized carbons (Fsp3) is 1.00. The van der Waals surface area contributed by atoms with E-state index in [9.17, 15) is 0 Å². The molecule has 1 atom stereocenters. The summed E-state index contributed by atoms with van der Waals surface area (Å²) in [7, 11) is 0. The van der Waals surface area contributed by atoms with E-state index >= 15 is 0 Å². The summed E-state index contributed by atoms with van der Waals surface area (Å²) in [6, 6.07) is 0. The van der Waals surface area contributed by atoms with Gasteiger partial charge in [0, 0.05) is 0 Å². The molecule has 3 N–H and O–H groups in total. The predicted octanol–water partition coefficient (Wildman–Crippen LogP) is -1.37. The summed E-state index contributed by atoms with van der Waals surface area (Å²) >= 11 is 0. The maximum atomic E-state index is 7.83. The molecule has 28 valence electrons. The second-order valence-electron chi connectivity index (χ2n) is 0.741. The van der Waals surface area contributed by atoms with Crippen LogP contribution in [0.1, 0.15) is 6.92 Å². The Morgan fingerprint density at radius 3 is 1.80 bits per heavy atom. The van der Waals surface area contributed by atoms with Crippen LogP contribution >= 0.6 is 0 Å². The SMILES string of the molecule is CC(N)O.[KH]. The summed E-state index contributed by atoms with van der Waals surface area (Å²) < 4.78 is 0. The van der Waals surface area contributed by atoms with Gasteiger partial charge in [-0.05, 0) is 6.92 Å². The van der Waals surface area contributed by atoms with Crippen LogP contribution in [0, 0.1) is 0 Å². The number of rotatable bonds is 0. The van der Waals surface area contributed by atoms with E-state index in [-0.39, 0.29) is 51.4 Å². The first-order chi connectivity index (χ1) is 1.73. The Bertz CT molecular complexity index is 14.4. The van der Waals surface area contributed by atoms with E-state index in [1.807, 2.05) is 0 Å². The topological polar surface area (TPSA) is 46.2 Å². The monoisotopic (exact) mass is 101 g/mol. The molecule has 0 radical (unpaired) electrons. The molecular formula is C2H8KNO. The van der Waals surface area contributed by atoms with Crippen LogP contribution in [0.25, 0.3) is 0 Å². The van der Waals surface area contributed by atoms with Crippen LogP contribution in [0.2, 0.25) is 0 Å². The summed E-state index contributed by atoms with van der Waals surface area (Å²) in [5.41, 5.74) is 4.67. The van der Waals surface area contributed by atoms with Crippen LogP contribution in [0.15, 0.2) is 0 Å². The minimum atomic E-state index is -0.667. The van der Waals surface area contributed by atoms with Gasteiger partial charge >= 0.3 is 51.4 Å². The fourth-order valence-electron chi connectivity index (χ4n) is 0. The van der Waals surface area contributed by atoms with E-state index < -0.39 is 6.23 Å². The van der Waals surface area contributed by atoms with Crippen LogP contribution in [0.4, 0.5) is 0 Å². The zero-order valence-corrected chi connectivity index (χ0v) is 2.60. The number of aliphatic hydroxyl groups is 1. The van der Waals surface area contributed by atoms with Crippen LogP contribution in [-0.4, -0.2) is 62.7 Å². The van der Waals surface area contributed by atoms with Gasteiger partial charge in [-0.1, -0.05) is 0 Å². The Kier molecular flexibility index (Phi) is 10.8.